The number of amides is 2. The maximum Gasteiger partial charge on any atom is 0.343 e. The topological polar surface area (TPSA) is 82.1 Å². The normalized spacial score (nSPS) is 14.3. The third-order valence-corrected chi connectivity index (χ3v) is 6.16. The summed E-state index contributed by atoms with van der Waals surface area (Å²) in [5.41, 5.74) is 2.18. The van der Waals surface area contributed by atoms with Crippen LogP contribution in [0.1, 0.15) is 28.4 Å². The minimum Gasteiger partial charge on any atom is -0.492 e. The van der Waals surface area contributed by atoms with Crippen molar-refractivity contribution in [2.24, 2.45) is 0 Å². The molecule has 1 heterocycles. The van der Waals surface area contributed by atoms with Gasteiger partial charge in [0.2, 0.25) is 0 Å². The van der Waals surface area contributed by atoms with Crippen molar-refractivity contribution < 1.29 is 28.6 Å². The standard InChI is InChI=1S/C28H25NO6S/c1-3-33-24-17-20(11-14-23(24)35-27(31)21-7-5-4-6-8-21)18-25-26(30)29(28(32)36-25)15-16-34-22-12-9-19(2)10-13-22/h4-14,17-18H,3,15-16H2,1-2H3/b25-18-. The van der Waals surface area contributed by atoms with Crippen molar-refractivity contribution >= 4 is 35.0 Å². The second kappa shape index (κ2) is 11.6. The number of rotatable bonds is 9. The van der Waals surface area contributed by atoms with Crippen LogP contribution < -0.4 is 14.2 Å². The van der Waals surface area contributed by atoms with E-state index >= 15 is 0 Å². The number of thioether (sulfide) groups is 1. The average molecular weight is 504 g/mol. The molecule has 1 aliphatic heterocycles. The Kier molecular flexibility index (Phi) is 8.07. The van der Waals surface area contributed by atoms with Gasteiger partial charge in [-0.3, -0.25) is 14.5 Å². The zero-order valence-corrected chi connectivity index (χ0v) is 20.7. The number of aryl methyl sites for hydroxylation is 1. The van der Waals surface area contributed by atoms with Crippen LogP contribution in [0, 0.1) is 6.92 Å². The Morgan fingerprint density at radius 3 is 2.42 bits per heavy atom. The van der Waals surface area contributed by atoms with Gasteiger partial charge in [-0.15, -0.1) is 0 Å². The molecule has 0 saturated carbocycles. The lowest BCUT2D eigenvalue weighted by atomic mass is 10.1. The quantitative estimate of drug-likeness (QED) is 0.210. The van der Waals surface area contributed by atoms with Gasteiger partial charge in [0.05, 0.1) is 23.6 Å². The predicted molar refractivity (Wildman–Crippen MR) is 138 cm³/mol. The SMILES string of the molecule is CCOc1cc(/C=C2\SC(=O)N(CCOc3ccc(C)cc3)C2=O)ccc1OC(=O)c1ccccc1. The fraction of sp³-hybridized carbons (Fsp3) is 0.179. The van der Waals surface area contributed by atoms with Crippen LogP contribution in [-0.4, -0.2) is 41.8 Å². The van der Waals surface area contributed by atoms with E-state index in [1.807, 2.05) is 44.2 Å². The summed E-state index contributed by atoms with van der Waals surface area (Å²) in [5.74, 6) is 0.429. The lowest BCUT2D eigenvalue weighted by Crippen LogP contribution is -2.32. The van der Waals surface area contributed by atoms with E-state index in [1.54, 1.807) is 48.5 Å². The Labute approximate surface area is 213 Å². The Morgan fingerprint density at radius 1 is 0.944 bits per heavy atom. The van der Waals surface area contributed by atoms with Crippen molar-refractivity contribution in [3.63, 3.8) is 0 Å². The highest BCUT2D eigenvalue weighted by molar-refractivity contribution is 8.18. The molecular formula is C28H25NO6S. The van der Waals surface area contributed by atoms with Gasteiger partial charge in [-0.25, -0.2) is 4.79 Å². The molecule has 2 amide bonds. The number of imide groups is 1. The van der Waals surface area contributed by atoms with E-state index in [0.717, 1.165) is 17.3 Å². The number of nitrogens with zero attached hydrogens (tertiary/aromatic N) is 1. The Balaban J connectivity index is 1.44. The molecule has 8 heteroatoms. The molecule has 184 valence electrons. The predicted octanol–water partition coefficient (Wildman–Crippen LogP) is 5.73. The second-order valence-electron chi connectivity index (χ2n) is 7.89. The molecule has 1 aliphatic rings. The first-order chi connectivity index (χ1) is 17.4. The minimum absolute atomic E-state index is 0.147. The summed E-state index contributed by atoms with van der Waals surface area (Å²) in [6, 6.07) is 21.2. The van der Waals surface area contributed by atoms with Gasteiger partial charge in [-0.1, -0.05) is 42.0 Å². The molecule has 0 unspecified atom stereocenters. The molecule has 3 aromatic rings. The van der Waals surface area contributed by atoms with Gasteiger partial charge in [-0.2, -0.15) is 0 Å². The van der Waals surface area contributed by atoms with Gasteiger partial charge in [0.15, 0.2) is 11.5 Å². The van der Waals surface area contributed by atoms with Crippen LogP contribution in [0.25, 0.3) is 6.08 Å². The van der Waals surface area contributed by atoms with E-state index in [4.69, 9.17) is 14.2 Å². The molecule has 0 aliphatic carbocycles. The highest BCUT2D eigenvalue weighted by Crippen LogP contribution is 2.35. The average Bonchev–Trinajstić information content (AvgIpc) is 3.14. The summed E-state index contributed by atoms with van der Waals surface area (Å²) in [5, 5.41) is -0.350. The third-order valence-electron chi connectivity index (χ3n) is 5.26. The van der Waals surface area contributed by atoms with E-state index < -0.39 is 5.97 Å². The summed E-state index contributed by atoms with van der Waals surface area (Å²) < 4.78 is 16.8. The molecule has 7 nitrogen and oxygen atoms in total. The number of carbonyl (C=O) groups is 3. The third kappa shape index (κ3) is 6.14. The molecule has 1 saturated heterocycles. The number of esters is 1. The Hall–Kier alpha value is -4.04. The first kappa shape index (κ1) is 25.1. The molecule has 36 heavy (non-hydrogen) atoms. The van der Waals surface area contributed by atoms with E-state index in [9.17, 15) is 14.4 Å². The lowest BCUT2D eigenvalue weighted by Gasteiger charge is -2.13. The van der Waals surface area contributed by atoms with Gasteiger partial charge in [0, 0.05) is 0 Å². The summed E-state index contributed by atoms with van der Waals surface area (Å²) >= 11 is 0.873. The lowest BCUT2D eigenvalue weighted by molar-refractivity contribution is -0.123. The Bertz CT molecular complexity index is 1290. The summed E-state index contributed by atoms with van der Waals surface area (Å²) in [6.45, 7) is 4.51. The van der Waals surface area contributed by atoms with Gasteiger partial charge in [-0.05, 0) is 73.6 Å². The van der Waals surface area contributed by atoms with Gasteiger partial charge >= 0.3 is 5.97 Å². The molecule has 0 atom stereocenters. The van der Waals surface area contributed by atoms with Gasteiger partial charge in [0.25, 0.3) is 11.1 Å². The van der Waals surface area contributed by atoms with Crippen LogP contribution in [-0.2, 0) is 4.79 Å². The number of carbonyl (C=O) groups excluding carboxylic acids is 3. The maximum absolute atomic E-state index is 12.8. The summed E-state index contributed by atoms with van der Waals surface area (Å²) in [7, 11) is 0. The molecule has 0 bridgehead atoms. The first-order valence-electron chi connectivity index (χ1n) is 11.4. The Morgan fingerprint density at radius 2 is 1.69 bits per heavy atom. The molecule has 0 spiro atoms. The van der Waals surface area contributed by atoms with E-state index in [-0.39, 0.29) is 30.0 Å². The summed E-state index contributed by atoms with van der Waals surface area (Å²) in [4.78, 5) is 39.2. The molecule has 1 fully saturated rings. The zero-order chi connectivity index (χ0) is 25.5. The molecule has 0 aromatic heterocycles. The molecule has 3 aromatic carbocycles. The van der Waals surface area contributed by atoms with E-state index in [2.05, 4.69) is 0 Å². The van der Waals surface area contributed by atoms with E-state index in [0.29, 0.717) is 34.1 Å². The molecular weight excluding hydrogens is 478 g/mol. The van der Waals surface area contributed by atoms with Crippen LogP contribution in [0.5, 0.6) is 17.2 Å². The summed E-state index contributed by atoms with van der Waals surface area (Å²) in [6.07, 6.45) is 1.62. The van der Waals surface area contributed by atoms with Crippen molar-refractivity contribution in [2.45, 2.75) is 13.8 Å². The minimum atomic E-state index is -0.502. The van der Waals surface area contributed by atoms with Crippen molar-refractivity contribution in [2.75, 3.05) is 19.8 Å². The second-order valence-corrected chi connectivity index (χ2v) is 8.88. The van der Waals surface area contributed by atoms with Crippen LogP contribution in [0.2, 0.25) is 0 Å². The van der Waals surface area contributed by atoms with Crippen molar-refractivity contribution in [1.29, 1.82) is 0 Å². The van der Waals surface area contributed by atoms with Crippen LogP contribution in [0.15, 0.2) is 77.7 Å². The molecule has 0 N–H and O–H groups in total. The van der Waals surface area contributed by atoms with Crippen LogP contribution in [0.3, 0.4) is 0 Å². The number of ether oxygens (including phenoxy) is 3. The smallest absolute Gasteiger partial charge is 0.343 e. The number of hydrogen-bond donors (Lipinski definition) is 0. The molecule has 0 radical (unpaired) electrons. The van der Waals surface area contributed by atoms with Crippen LogP contribution >= 0.6 is 11.8 Å². The van der Waals surface area contributed by atoms with Crippen molar-refractivity contribution in [3.8, 4) is 17.2 Å². The largest absolute Gasteiger partial charge is 0.492 e. The monoisotopic (exact) mass is 503 g/mol. The highest BCUT2D eigenvalue weighted by Gasteiger charge is 2.34. The van der Waals surface area contributed by atoms with Crippen molar-refractivity contribution in [3.05, 3.63) is 94.4 Å². The van der Waals surface area contributed by atoms with Gasteiger partial charge < -0.3 is 14.2 Å². The molecule has 4 rings (SSSR count). The van der Waals surface area contributed by atoms with E-state index in [1.165, 1.54) is 4.90 Å². The number of benzene rings is 3. The fourth-order valence-corrected chi connectivity index (χ4v) is 4.30. The van der Waals surface area contributed by atoms with Crippen LogP contribution in [0.4, 0.5) is 4.79 Å². The van der Waals surface area contributed by atoms with Crippen molar-refractivity contribution in [1.82, 2.24) is 4.90 Å². The number of hydrogen-bond acceptors (Lipinski definition) is 7. The first-order valence-corrected chi connectivity index (χ1v) is 12.2. The zero-order valence-electron chi connectivity index (χ0n) is 19.9. The fourth-order valence-electron chi connectivity index (χ4n) is 3.43. The highest BCUT2D eigenvalue weighted by atomic mass is 32.2. The maximum atomic E-state index is 12.8. The van der Waals surface area contributed by atoms with Gasteiger partial charge in [0.1, 0.15) is 12.4 Å².